The maximum Gasteiger partial charge on any atom is 0.138 e. The summed E-state index contributed by atoms with van der Waals surface area (Å²) in [6, 6.07) is 32.6. The third-order valence-corrected chi connectivity index (χ3v) is 6.01. The van der Waals surface area contributed by atoms with Crippen molar-refractivity contribution in [2.24, 2.45) is 0 Å². The quantitative estimate of drug-likeness (QED) is 0.314. The Balaban J connectivity index is 1.23. The van der Waals surface area contributed by atoms with E-state index in [0.29, 0.717) is 0 Å². The molecule has 0 saturated heterocycles. The lowest BCUT2D eigenvalue weighted by Gasteiger charge is -1.99. The van der Waals surface area contributed by atoms with Crippen LogP contribution in [-0.4, -0.2) is 19.9 Å². The molecule has 2 N–H and O–H groups in total. The monoisotopic (exact) mass is 426 g/mol. The number of fused-ring (bicyclic) bond motifs is 3. The first-order chi connectivity index (χ1) is 16.3. The van der Waals surface area contributed by atoms with Crippen LogP contribution in [0.1, 0.15) is 0 Å². The normalized spacial score (nSPS) is 11.6. The van der Waals surface area contributed by atoms with E-state index in [1.807, 2.05) is 60.7 Å². The molecule has 3 heterocycles. The SMILES string of the molecule is c1ccc2[nH]c(-c3ccc(-c4cc5cc(-c6nc7ccccc7[nH]6)ccc5o4)cc3)nc2c1. The van der Waals surface area contributed by atoms with Crippen LogP contribution in [-0.2, 0) is 0 Å². The van der Waals surface area contributed by atoms with Gasteiger partial charge in [0.05, 0.1) is 22.1 Å². The Bertz CT molecular complexity index is 1700. The van der Waals surface area contributed by atoms with E-state index >= 15 is 0 Å². The molecule has 0 aliphatic heterocycles. The number of aromatic amines is 2. The molecular formula is C28H18N4O. The summed E-state index contributed by atoms with van der Waals surface area (Å²) in [5.74, 6) is 2.56. The number of para-hydroxylation sites is 4. The summed E-state index contributed by atoms with van der Waals surface area (Å²) >= 11 is 0. The Hall–Kier alpha value is -4.64. The topological polar surface area (TPSA) is 70.5 Å². The standard InChI is InChI=1S/C28H18N4O/c1-2-6-22-21(5-1)29-27(30-22)18-11-9-17(10-12-18)26-16-20-15-19(13-14-25(20)33-26)28-31-23-7-3-4-8-24(23)32-28/h1-16H,(H,29,30)(H,31,32). The Morgan fingerprint density at radius 3 is 1.79 bits per heavy atom. The van der Waals surface area contributed by atoms with Gasteiger partial charge in [-0.15, -0.1) is 0 Å². The lowest BCUT2D eigenvalue weighted by atomic mass is 10.1. The molecule has 0 aliphatic carbocycles. The van der Waals surface area contributed by atoms with E-state index in [1.165, 1.54) is 0 Å². The minimum atomic E-state index is 0.836. The van der Waals surface area contributed by atoms with Gasteiger partial charge in [0.2, 0.25) is 0 Å². The Morgan fingerprint density at radius 1 is 0.545 bits per heavy atom. The van der Waals surface area contributed by atoms with Crippen molar-refractivity contribution in [2.45, 2.75) is 0 Å². The van der Waals surface area contributed by atoms with Crippen molar-refractivity contribution in [3.8, 4) is 34.1 Å². The van der Waals surface area contributed by atoms with E-state index in [2.05, 4.69) is 51.4 Å². The molecule has 0 aliphatic rings. The first-order valence-electron chi connectivity index (χ1n) is 10.8. The van der Waals surface area contributed by atoms with Crippen LogP contribution in [0.25, 0.3) is 67.1 Å². The maximum atomic E-state index is 6.14. The second kappa shape index (κ2) is 6.93. The molecule has 156 valence electrons. The summed E-state index contributed by atoms with van der Waals surface area (Å²) in [5, 5.41) is 1.05. The number of H-pyrrole nitrogens is 2. The van der Waals surface area contributed by atoms with Crippen LogP contribution >= 0.6 is 0 Å². The van der Waals surface area contributed by atoms with Crippen molar-refractivity contribution in [3.05, 3.63) is 97.1 Å². The molecule has 0 atom stereocenters. The third-order valence-electron chi connectivity index (χ3n) is 6.01. The number of imidazole rings is 2. The smallest absolute Gasteiger partial charge is 0.138 e. The zero-order valence-corrected chi connectivity index (χ0v) is 17.5. The average molecular weight is 426 g/mol. The second-order valence-electron chi connectivity index (χ2n) is 8.15. The maximum absolute atomic E-state index is 6.14. The molecule has 3 aromatic heterocycles. The molecule has 0 radical (unpaired) electrons. The highest BCUT2D eigenvalue weighted by Gasteiger charge is 2.11. The number of hydrogen-bond acceptors (Lipinski definition) is 3. The number of aromatic nitrogens is 4. The Labute approximate surface area is 188 Å². The minimum absolute atomic E-state index is 0.836. The van der Waals surface area contributed by atoms with Gasteiger partial charge >= 0.3 is 0 Å². The van der Waals surface area contributed by atoms with Crippen LogP contribution in [0.15, 0.2) is 101 Å². The van der Waals surface area contributed by atoms with E-state index in [4.69, 9.17) is 9.40 Å². The number of nitrogens with zero attached hydrogens (tertiary/aromatic N) is 2. The number of furan rings is 1. The highest BCUT2D eigenvalue weighted by molar-refractivity contribution is 5.88. The number of hydrogen-bond donors (Lipinski definition) is 2. The van der Waals surface area contributed by atoms with Gasteiger partial charge in [0.15, 0.2) is 0 Å². The summed E-state index contributed by atoms with van der Waals surface area (Å²) in [6.07, 6.45) is 0. The van der Waals surface area contributed by atoms with E-state index in [-0.39, 0.29) is 0 Å². The van der Waals surface area contributed by atoms with Crippen molar-refractivity contribution in [3.63, 3.8) is 0 Å². The minimum Gasteiger partial charge on any atom is -0.456 e. The first kappa shape index (κ1) is 18.0. The van der Waals surface area contributed by atoms with Crippen LogP contribution in [0, 0.1) is 0 Å². The van der Waals surface area contributed by atoms with E-state index < -0.39 is 0 Å². The van der Waals surface area contributed by atoms with Crippen LogP contribution in [0.2, 0.25) is 0 Å². The molecule has 0 spiro atoms. The fourth-order valence-corrected chi connectivity index (χ4v) is 4.30. The van der Waals surface area contributed by atoms with E-state index in [9.17, 15) is 0 Å². The molecule has 0 amide bonds. The molecule has 0 bridgehead atoms. The lowest BCUT2D eigenvalue weighted by Crippen LogP contribution is -1.81. The summed E-state index contributed by atoms with van der Waals surface area (Å²) in [4.78, 5) is 16.2. The molecule has 0 fully saturated rings. The molecule has 33 heavy (non-hydrogen) atoms. The van der Waals surface area contributed by atoms with Crippen molar-refractivity contribution >= 4 is 33.0 Å². The van der Waals surface area contributed by atoms with Crippen molar-refractivity contribution in [1.29, 1.82) is 0 Å². The molecule has 7 aromatic rings. The van der Waals surface area contributed by atoms with Gasteiger partial charge in [0, 0.05) is 22.1 Å². The third kappa shape index (κ3) is 3.02. The molecule has 7 rings (SSSR count). The van der Waals surface area contributed by atoms with Gasteiger partial charge in [-0.3, -0.25) is 0 Å². The molecular weight excluding hydrogens is 408 g/mol. The Morgan fingerprint density at radius 2 is 1.12 bits per heavy atom. The lowest BCUT2D eigenvalue weighted by molar-refractivity contribution is 0.631. The number of rotatable bonds is 3. The molecule has 5 heteroatoms. The second-order valence-corrected chi connectivity index (χ2v) is 8.15. The van der Waals surface area contributed by atoms with Gasteiger partial charge in [-0.25, -0.2) is 9.97 Å². The van der Waals surface area contributed by atoms with Gasteiger partial charge in [-0.1, -0.05) is 48.5 Å². The fraction of sp³-hybridized carbons (Fsp3) is 0. The van der Waals surface area contributed by atoms with Gasteiger partial charge < -0.3 is 14.4 Å². The van der Waals surface area contributed by atoms with E-state index in [1.54, 1.807) is 0 Å². The summed E-state index contributed by atoms with van der Waals surface area (Å²) in [6.45, 7) is 0. The van der Waals surface area contributed by atoms with Gasteiger partial charge in [0.25, 0.3) is 0 Å². The van der Waals surface area contributed by atoms with Gasteiger partial charge in [-0.2, -0.15) is 0 Å². The van der Waals surface area contributed by atoms with Crippen LogP contribution in [0.5, 0.6) is 0 Å². The molecule has 5 nitrogen and oxygen atoms in total. The van der Waals surface area contributed by atoms with Crippen LogP contribution < -0.4 is 0 Å². The van der Waals surface area contributed by atoms with Gasteiger partial charge in [-0.05, 0) is 48.5 Å². The molecule has 0 unspecified atom stereocenters. The zero-order valence-electron chi connectivity index (χ0n) is 17.5. The predicted octanol–water partition coefficient (Wildman–Crippen LogP) is 7.19. The van der Waals surface area contributed by atoms with Crippen LogP contribution in [0.3, 0.4) is 0 Å². The summed E-state index contributed by atoms with van der Waals surface area (Å²) < 4.78 is 6.14. The van der Waals surface area contributed by atoms with Crippen molar-refractivity contribution in [2.75, 3.05) is 0 Å². The average Bonchev–Trinajstić information content (AvgIpc) is 3.59. The molecule has 0 saturated carbocycles. The number of benzene rings is 4. The zero-order chi connectivity index (χ0) is 21.8. The first-order valence-corrected chi connectivity index (χ1v) is 10.8. The summed E-state index contributed by atoms with van der Waals surface area (Å²) in [5.41, 5.74) is 7.95. The molecule has 4 aromatic carbocycles. The predicted molar refractivity (Wildman–Crippen MR) is 132 cm³/mol. The van der Waals surface area contributed by atoms with E-state index in [0.717, 1.165) is 67.1 Å². The summed E-state index contributed by atoms with van der Waals surface area (Å²) in [7, 11) is 0. The van der Waals surface area contributed by atoms with Gasteiger partial charge in [0.1, 0.15) is 23.0 Å². The highest BCUT2D eigenvalue weighted by Crippen LogP contribution is 2.32. The van der Waals surface area contributed by atoms with Crippen molar-refractivity contribution in [1.82, 2.24) is 19.9 Å². The Kier molecular flexibility index (Phi) is 3.78. The highest BCUT2D eigenvalue weighted by atomic mass is 16.3. The number of nitrogens with one attached hydrogen (secondary N) is 2. The largest absolute Gasteiger partial charge is 0.456 e. The van der Waals surface area contributed by atoms with Crippen molar-refractivity contribution < 1.29 is 4.42 Å². The fourth-order valence-electron chi connectivity index (χ4n) is 4.30. The van der Waals surface area contributed by atoms with Crippen LogP contribution in [0.4, 0.5) is 0 Å².